The Kier molecular flexibility index (Phi) is 6.25. The predicted octanol–water partition coefficient (Wildman–Crippen LogP) is 3.06. The van der Waals surface area contributed by atoms with Crippen LogP contribution in [-0.4, -0.2) is 50.8 Å². The maximum atomic E-state index is 13.1. The third kappa shape index (κ3) is 4.39. The molecule has 0 aliphatic carbocycles. The van der Waals surface area contributed by atoms with E-state index >= 15 is 0 Å². The standard InChI is InChI=1S/C21H22ClN5O5S2/c22-15-4-5-16(18(28)19(15)34(30,31)27-8-1-2-9-27)24-21-20(25-33(29)26-21)23-12-13-3-6-17-14(11-13)7-10-32-17/h3-6,11,28H,1-2,7-10,12H2,(H,23,25)(H,24,26). The summed E-state index contributed by atoms with van der Waals surface area (Å²) in [6.07, 6.45) is 2.34. The van der Waals surface area contributed by atoms with Crippen molar-refractivity contribution >= 4 is 44.3 Å². The largest absolute Gasteiger partial charge is 0.548 e. The number of halogens is 1. The number of nitrogens with zero attached hydrogens (tertiary/aromatic N) is 3. The van der Waals surface area contributed by atoms with E-state index in [1.165, 1.54) is 16.4 Å². The van der Waals surface area contributed by atoms with E-state index in [-0.39, 0.29) is 26.9 Å². The summed E-state index contributed by atoms with van der Waals surface area (Å²) >= 11 is 4.41. The van der Waals surface area contributed by atoms with Gasteiger partial charge in [-0.3, -0.25) is 4.99 Å². The number of phenolic OH excluding ortho intramolecular Hbond substituents is 1. The van der Waals surface area contributed by atoms with Gasteiger partial charge in [0.25, 0.3) is 0 Å². The van der Waals surface area contributed by atoms with Gasteiger partial charge in [-0.1, -0.05) is 23.7 Å². The Hall–Kier alpha value is -2.64. The van der Waals surface area contributed by atoms with Crippen LogP contribution in [-0.2, 0) is 23.0 Å². The highest BCUT2D eigenvalue weighted by Crippen LogP contribution is 2.40. The van der Waals surface area contributed by atoms with Crippen molar-refractivity contribution in [2.75, 3.05) is 25.0 Å². The number of fused-ring (bicyclic) bond motifs is 1. The Morgan fingerprint density at radius 1 is 1.29 bits per heavy atom. The second kappa shape index (κ2) is 9.19. The van der Waals surface area contributed by atoms with Crippen LogP contribution in [0, 0.1) is 0 Å². The molecule has 2 aliphatic rings. The van der Waals surface area contributed by atoms with Crippen LogP contribution >= 0.6 is 22.7 Å². The molecule has 2 aromatic carbocycles. The number of aromatic amines is 1. The molecule has 180 valence electrons. The monoisotopic (exact) mass is 523 g/mol. The van der Waals surface area contributed by atoms with E-state index in [2.05, 4.69) is 19.1 Å². The summed E-state index contributed by atoms with van der Waals surface area (Å²) in [6, 6.07) is 8.64. The number of rotatable bonds is 6. The molecule has 0 bridgehead atoms. The molecule has 34 heavy (non-hydrogen) atoms. The molecule has 3 heterocycles. The molecule has 1 saturated heterocycles. The molecule has 0 saturated carbocycles. The summed E-state index contributed by atoms with van der Waals surface area (Å²) in [6.45, 7) is 1.71. The van der Waals surface area contributed by atoms with Crippen molar-refractivity contribution in [1.29, 1.82) is 0 Å². The summed E-state index contributed by atoms with van der Waals surface area (Å²) in [4.78, 5) is 4.10. The number of hydrogen-bond donors (Lipinski definition) is 3. The highest BCUT2D eigenvalue weighted by atomic mass is 35.5. The number of nitrogens with one attached hydrogen (secondary N) is 2. The first-order valence-electron chi connectivity index (χ1n) is 10.7. The average Bonchev–Trinajstić information content (AvgIpc) is 3.55. The van der Waals surface area contributed by atoms with Gasteiger partial charge >= 0.3 is 0 Å². The van der Waals surface area contributed by atoms with Crippen LogP contribution in [0.2, 0.25) is 5.02 Å². The van der Waals surface area contributed by atoms with Gasteiger partial charge in [-0.25, -0.2) is 8.42 Å². The molecule has 0 amide bonds. The van der Waals surface area contributed by atoms with Crippen LogP contribution < -0.4 is 15.5 Å². The summed E-state index contributed by atoms with van der Waals surface area (Å²) in [5, 5.41) is 13.6. The zero-order valence-corrected chi connectivity index (χ0v) is 20.3. The van der Waals surface area contributed by atoms with Crippen LogP contribution in [0.5, 0.6) is 11.5 Å². The first kappa shape index (κ1) is 23.1. The highest BCUT2D eigenvalue weighted by molar-refractivity contribution is 7.89. The van der Waals surface area contributed by atoms with Gasteiger partial charge in [0.05, 0.1) is 23.9 Å². The number of phenols is 1. The van der Waals surface area contributed by atoms with Gasteiger partial charge in [-0.05, 0) is 42.2 Å². The van der Waals surface area contributed by atoms with Crippen molar-refractivity contribution in [1.82, 2.24) is 13.1 Å². The summed E-state index contributed by atoms with van der Waals surface area (Å²) in [5.41, 5.74) is 2.35. The van der Waals surface area contributed by atoms with Gasteiger partial charge in [0, 0.05) is 23.9 Å². The minimum Gasteiger partial charge on any atom is -0.548 e. The predicted molar refractivity (Wildman–Crippen MR) is 127 cm³/mol. The number of benzene rings is 2. The number of hydrogen-bond acceptors (Lipinski definition) is 8. The second-order valence-electron chi connectivity index (χ2n) is 8.01. The van der Waals surface area contributed by atoms with Gasteiger partial charge < -0.3 is 19.7 Å². The van der Waals surface area contributed by atoms with Crippen LogP contribution in [0.15, 0.2) is 40.2 Å². The van der Waals surface area contributed by atoms with Crippen LogP contribution in [0.3, 0.4) is 0 Å². The first-order chi connectivity index (χ1) is 16.3. The Morgan fingerprint density at radius 3 is 2.88 bits per heavy atom. The zero-order chi connectivity index (χ0) is 23.9. The summed E-state index contributed by atoms with van der Waals surface area (Å²) in [7, 11) is -3.98. The van der Waals surface area contributed by atoms with Crippen molar-refractivity contribution in [2.45, 2.75) is 30.7 Å². The fourth-order valence-electron chi connectivity index (χ4n) is 4.06. The van der Waals surface area contributed by atoms with E-state index in [1.807, 2.05) is 18.2 Å². The minimum absolute atomic E-state index is 0.0593. The van der Waals surface area contributed by atoms with E-state index in [4.69, 9.17) is 16.3 Å². The smallest absolute Gasteiger partial charge is 0.248 e. The fourth-order valence-corrected chi connectivity index (χ4v) is 6.84. The third-order valence-corrected chi connectivity index (χ3v) is 8.87. The average molecular weight is 524 g/mol. The maximum Gasteiger partial charge on any atom is 0.248 e. The Morgan fingerprint density at radius 2 is 2.09 bits per heavy atom. The van der Waals surface area contributed by atoms with E-state index in [9.17, 15) is 18.1 Å². The van der Waals surface area contributed by atoms with E-state index in [0.717, 1.165) is 36.1 Å². The SMILES string of the molecule is O=S(=O)(c1c(Cl)ccc(Nc2n[s+]([O-])[nH]c2=NCc2ccc3c(c2)CCO3)c1O)N1CCCC1. The molecule has 1 fully saturated rings. The van der Waals surface area contributed by atoms with Crippen LogP contribution in [0.1, 0.15) is 24.0 Å². The van der Waals surface area contributed by atoms with Crippen molar-refractivity contribution in [3.8, 4) is 11.5 Å². The molecule has 5 rings (SSSR count). The first-order valence-corrected chi connectivity index (χ1v) is 13.6. The number of aromatic nitrogens is 2. The molecule has 3 N–H and O–H groups in total. The lowest BCUT2D eigenvalue weighted by molar-refractivity contribution is 0.357. The van der Waals surface area contributed by atoms with E-state index < -0.39 is 26.9 Å². The van der Waals surface area contributed by atoms with Gasteiger partial charge in [0.15, 0.2) is 16.9 Å². The summed E-state index contributed by atoms with van der Waals surface area (Å²) in [5.74, 6) is 0.459. The molecule has 1 unspecified atom stereocenters. The normalized spacial score (nSPS) is 17.1. The second-order valence-corrected chi connectivity index (χ2v) is 11.2. The number of aromatic hydroxyl groups is 1. The molecule has 13 heteroatoms. The van der Waals surface area contributed by atoms with Crippen LogP contribution in [0.25, 0.3) is 0 Å². The molecule has 10 nitrogen and oxygen atoms in total. The topological polar surface area (TPSA) is 143 Å². The van der Waals surface area contributed by atoms with Gasteiger partial charge in [0.1, 0.15) is 10.6 Å². The molecule has 0 radical (unpaired) electrons. The molecular weight excluding hydrogens is 502 g/mol. The van der Waals surface area contributed by atoms with Gasteiger partial charge in [-0.2, -0.15) is 4.31 Å². The van der Waals surface area contributed by atoms with Gasteiger partial charge in [0.2, 0.25) is 21.3 Å². The molecule has 1 atom stereocenters. The lowest BCUT2D eigenvalue weighted by atomic mass is 10.1. The molecular formula is C21H22ClN5O5S2. The lowest BCUT2D eigenvalue weighted by Gasteiger charge is -2.18. The van der Waals surface area contributed by atoms with Crippen molar-refractivity contribution in [3.63, 3.8) is 0 Å². The minimum atomic E-state index is -3.98. The molecule has 1 aromatic heterocycles. The molecule has 2 aliphatic heterocycles. The van der Waals surface area contributed by atoms with Crippen molar-refractivity contribution in [2.24, 2.45) is 4.99 Å². The number of ether oxygens (including phenoxy) is 1. The number of sulfonamides is 1. The Bertz CT molecular complexity index is 1410. The Labute approximate surface area is 204 Å². The number of H-pyrrole nitrogens is 1. The Balaban J connectivity index is 1.45. The quantitative estimate of drug-likeness (QED) is 0.333. The van der Waals surface area contributed by atoms with Crippen molar-refractivity contribution in [3.05, 3.63) is 52.0 Å². The maximum absolute atomic E-state index is 13.1. The fraction of sp³-hybridized carbons (Fsp3) is 0.333. The van der Waals surface area contributed by atoms with Gasteiger partial charge in [-0.15, -0.1) is 4.37 Å². The third-order valence-electron chi connectivity index (χ3n) is 5.76. The van der Waals surface area contributed by atoms with E-state index in [0.29, 0.717) is 26.2 Å². The van der Waals surface area contributed by atoms with E-state index in [1.54, 1.807) is 0 Å². The zero-order valence-electron chi connectivity index (χ0n) is 18.0. The number of anilines is 2. The van der Waals surface area contributed by atoms with Crippen LogP contribution in [0.4, 0.5) is 11.5 Å². The van der Waals surface area contributed by atoms with Crippen molar-refractivity contribution < 1.29 is 22.8 Å². The molecule has 0 spiro atoms. The highest BCUT2D eigenvalue weighted by Gasteiger charge is 2.33. The lowest BCUT2D eigenvalue weighted by Crippen LogP contribution is -2.28. The summed E-state index contributed by atoms with van der Waals surface area (Å²) < 4.78 is 51.6. The molecule has 3 aromatic rings.